The first-order valence-electron chi connectivity index (χ1n) is 16.6. The molecule has 0 N–H and O–H groups in total. The minimum absolute atomic E-state index is 0. The van der Waals surface area contributed by atoms with Crippen molar-refractivity contribution in [1.29, 1.82) is 0 Å². The standard InChI is InChI=1S/C32H66O4S.Na/c1-3-5-7-9-11-13-15-16-17-18-20-22-24-26-28-30-32(31-36-37(33,34)35)29-27-25-23-21-19-14-12-10-8-6-4-2;/h32H,3-31H2,1-2H3,(H,33,34,35);/q;+1/p-1. The number of rotatable bonds is 31. The van der Waals surface area contributed by atoms with Gasteiger partial charge in [0.25, 0.3) is 0 Å². The summed E-state index contributed by atoms with van der Waals surface area (Å²) in [5.74, 6) is 0.198. The summed E-state index contributed by atoms with van der Waals surface area (Å²) in [6.45, 7) is 4.61. The Hall–Kier alpha value is 0.870. The van der Waals surface area contributed by atoms with Crippen LogP contribution in [-0.2, 0) is 14.6 Å². The van der Waals surface area contributed by atoms with Gasteiger partial charge >= 0.3 is 29.6 Å². The Labute approximate surface area is 261 Å². The molecular formula is C32H65NaO4S. The van der Waals surface area contributed by atoms with E-state index < -0.39 is 10.4 Å². The summed E-state index contributed by atoms with van der Waals surface area (Å²) in [7, 11) is -4.58. The van der Waals surface area contributed by atoms with Crippen molar-refractivity contribution in [2.24, 2.45) is 5.92 Å². The molecule has 0 aliphatic rings. The molecule has 0 spiro atoms. The predicted molar refractivity (Wildman–Crippen MR) is 160 cm³/mol. The molecule has 6 heteroatoms. The molecule has 0 aromatic rings. The second-order valence-electron chi connectivity index (χ2n) is 11.6. The zero-order valence-electron chi connectivity index (χ0n) is 26.1. The van der Waals surface area contributed by atoms with Crippen LogP contribution in [0.4, 0.5) is 0 Å². The third-order valence-electron chi connectivity index (χ3n) is 7.88. The number of unbranched alkanes of at least 4 members (excludes halogenated alkanes) is 24. The molecule has 4 nitrogen and oxygen atoms in total. The van der Waals surface area contributed by atoms with Crippen molar-refractivity contribution in [2.45, 2.75) is 194 Å². The minimum Gasteiger partial charge on any atom is -0.726 e. The molecule has 0 fully saturated rings. The second kappa shape index (κ2) is 32.4. The average Bonchev–Trinajstić information content (AvgIpc) is 2.87. The van der Waals surface area contributed by atoms with Gasteiger partial charge in [-0.2, -0.15) is 0 Å². The van der Waals surface area contributed by atoms with Gasteiger partial charge < -0.3 is 4.55 Å². The Morgan fingerprint density at radius 1 is 0.474 bits per heavy atom. The minimum atomic E-state index is -4.58. The normalized spacial score (nSPS) is 12.5. The van der Waals surface area contributed by atoms with E-state index >= 15 is 0 Å². The van der Waals surface area contributed by atoms with E-state index in [1.807, 2.05) is 0 Å². The van der Waals surface area contributed by atoms with Gasteiger partial charge in [-0.3, -0.25) is 4.18 Å². The van der Waals surface area contributed by atoms with E-state index in [1.54, 1.807) is 0 Å². The van der Waals surface area contributed by atoms with Crippen LogP contribution >= 0.6 is 0 Å². The molecule has 0 amide bonds. The Bertz CT molecular complexity index is 542. The van der Waals surface area contributed by atoms with Gasteiger partial charge in [0.15, 0.2) is 0 Å². The maximum atomic E-state index is 10.9. The molecule has 0 heterocycles. The molecule has 1 atom stereocenters. The zero-order valence-corrected chi connectivity index (χ0v) is 28.9. The van der Waals surface area contributed by atoms with E-state index in [9.17, 15) is 13.0 Å². The van der Waals surface area contributed by atoms with Crippen molar-refractivity contribution in [1.82, 2.24) is 0 Å². The average molecular weight is 569 g/mol. The van der Waals surface area contributed by atoms with Gasteiger partial charge in [0.05, 0.1) is 6.61 Å². The quantitative estimate of drug-likeness (QED) is 0.0367. The molecule has 0 saturated heterocycles. The van der Waals surface area contributed by atoms with Crippen molar-refractivity contribution >= 4 is 10.4 Å². The topological polar surface area (TPSA) is 66.4 Å². The maximum absolute atomic E-state index is 10.9. The van der Waals surface area contributed by atoms with Crippen LogP contribution in [-0.4, -0.2) is 19.6 Å². The first kappa shape index (κ1) is 41.0. The fraction of sp³-hybridized carbons (Fsp3) is 1.00. The maximum Gasteiger partial charge on any atom is 1.00 e. The smallest absolute Gasteiger partial charge is 0.726 e. The molecule has 0 aromatic carbocycles. The first-order chi connectivity index (χ1) is 18.0. The summed E-state index contributed by atoms with van der Waals surface area (Å²) in [6.07, 6.45) is 36.6. The summed E-state index contributed by atoms with van der Waals surface area (Å²) in [6, 6.07) is 0. The van der Waals surface area contributed by atoms with E-state index in [0.717, 1.165) is 25.7 Å². The summed E-state index contributed by atoms with van der Waals surface area (Å²) in [4.78, 5) is 0. The number of hydrogen-bond donors (Lipinski definition) is 0. The second-order valence-corrected chi connectivity index (χ2v) is 12.7. The number of hydrogen-bond acceptors (Lipinski definition) is 4. The molecule has 0 rings (SSSR count). The van der Waals surface area contributed by atoms with Crippen LogP contribution in [0.2, 0.25) is 0 Å². The Morgan fingerprint density at radius 2 is 0.711 bits per heavy atom. The Kier molecular flexibility index (Phi) is 34.9. The fourth-order valence-electron chi connectivity index (χ4n) is 5.39. The SMILES string of the molecule is CCCCCCCCCCCCCCCCCC(CCCCCCCCCCCCC)COS(=O)(=O)[O-].[Na+]. The molecule has 1 unspecified atom stereocenters. The van der Waals surface area contributed by atoms with Gasteiger partial charge in [-0.1, -0.05) is 181 Å². The van der Waals surface area contributed by atoms with Crippen LogP contribution in [0.15, 0.2) is 0 Å². The van der Waals surface area contributed by atoms with Crippen molar-refractivity contribution in [3.05, 3.63) is 0 Å². The molecule has 0 aliphatic heterocycles. The first-order valence-corrected chi connectivity index (χ1v) is 17.9. The molecule has 224 valence electrons. The van der Waals surface area contributed by atoms with Gasteiger partial charge in [-0.25, -0.2) is 8.42 Å². The third kappa shape index (κ3) is 34.9. The van der Waals surface area contributed by atoms with Gasteiger partial charge in [0.1, 0.15) is 0 Å². The molecule has 0 bridgehead atoms. The molecule has 38 heavy (non-hydrogen) atoms. The van der Waals surface area contributed by atoms with Crippen LogP contribution in [0.1, 0.15) is 194 Å². The van der Waals surface area contributed by atoms with Gasteiger partial charge in [-0.05, 0) is 18.8 Å². The zero-order chi connectivity index (χ0) is 27.3. The molecule has 0 radical (unpaired) electrons. The van der Waals surface area contributed by atoms with Gasteiger partial charge in [0, 0.05) is 0 Å². The van der Waals surface area contributed by atoms with E-state index in [0.29, 0.717) is 0 Å². The van der Waals surface area contributed by atoms with Crippen molar-refractivity contribution < 1.29 is 46.7 Å². The Morgan fingerprint density at radius 3 is 0.947 bits per heavy atom. The van der Waals surface area contributed by atoms with Crippen LogP contribution in [0.25, 0.3) is 0 Å². The van der Waals surface area contributed by atoms with Crippen molar-refractivity contribution in [2.75, 3.05) is 6.61 Å². The van der Waals surface area contributed by atoms with Crippen molar-refractivity contribution in [3.8, 4) is 0 Å². The van der Waals surface area contributed by atoms with E-state index in [1.165, 1.54) is 154 Å². The predicted octanol–water partition coefficient (Wildman–Crippen LogP) is 8.05. The van der Waals surface area contributed by atoms with Crippen LogP contribution in [0.5, 0.6) is 0 Å². The van der Waals surface area contributed by atoms with Crippen LogP contribution < -0.4 is 29.6 Å². The summed E-state index contributed by atoms with van der Waals surface area (Å²) in [5, 5.41) is 0. The molecule has 0 aromatic heterocycles. The van der Waals surface area contributed by atoms with Gasteiger partial charge in [-0.15, -0.1) is 0 Å². The molecular weight excluding hydrogens is 503 g/mol. The van der Waals surface area contributed by atoms with E-state index in [-0.39, 0.29) is 42.1 Å². The Balaban J connectivity index is 0. The van der Waals surface area contributed by atoms with Gasteiger partial charge in [0.2, 0.25) is 10.4 Å². The van der Waals surface area contributed by atoms with E-state index in [4.69, 9.17) is 0 Å². The largest absolute Gasteiger partial charge is 1.00 e. The summed E-state index contributed by atoms with van der Waals surface area (Å²) in [5.41, 5.74) is 0. The molecule has 0 aliphatic carbocycles. The summed E-state index contributed by atoms with van der Waals surface area (Å²) >= 11 is 0. The summed E-state index contributed by atoms with van der Waals surface area (Å²) < 4.78 is 37.4. The van der Waals surface area contributed by atoms with Crippen LogP contribution in [0, 0.1) is 5.92 Å². The fourth-order valence-corrected chi connectivity index (χ4v) is 5.75. The molecule has 0 saturated carbocycles. The third-order valence-corrected chi connectivity index (χ3v) is 8.30. The van der Waals surface area contributed by atoms with Crippen molar-refractivity contribution in [3.63, 3.8) is 0 Å². The van der Waals surface area contributed by atoms with Crippen LogP contribution in [0.3, 0.4) is 0 Å². The monoisotopic (exact) mass is 568 g/mol. The van der Waals surface area contributed by atoms with E-state index in [2.05, 4.69) is 18.0 Å².